The molecule has 0 aliphatic heterocycles. The number of carbonyl (C=O) groups is 1. The minimum Gasteiger partial charge on any atom is -0.460 e. The summed E-state index contributed by atoms with van der Waals surface area (Å²) < 4.78 is 10.1. The van der Waals surface area contributed by atoms with Crippen LogP contribution in [0.2, 0.25) is 0 Å². The van der Waals surface area contributed by atoms with Crippen molar-refractivity contribution in [3.63, 3.8) is 0 Å². The summed E-state index contributed by atoms with van der Waals surface area (Å²) >= 11 is 0. The third kappa shape index (κ3) is 6.04. The Morgan fingerprint density at radius 3 is 2.71 bits per heavy atom. The highest BCUT2D eigenvalue weighted by atomic mass is 16.5. The van der Waals surface area contributed by atoms with Crippen LogP contribution in [0.4, 0.5) is 0 Å². The number of ether oxygens (including phenoxy) is 2. The Bertz CT molecular complexity index is 327. The van der Waals surface area contributed by atoms with Crippen molar-refractivity contribution in [2.75, 3.05) is 20.3 Å². The lowest BCUT2D eigenvalue weighted by Crippen LogP contribution is -2.35. The quantitative estimate of drug-likeness (QED) is 0.727. The van der Waals surface area contributed by atoms with Crippen LogP contribution in [0.1, 0.15) is 12.5 Å². The lowest BCUT2D eigenvalue weighted by atomic mass is 10.2. The van der Waals surface area contributed by atoms with E-state index in [2.05, 4.69) is 5.32 Å². The number of methoxy groups -OCH3 is 1. The van der Waals surface area contributed by atoms with Crippen molar-refractivity contribution in [2.45, 2.75) is 19.6 Å². The van der Waals surface area contributed by atoms with Crippen molar-refractivity contribution in [1.29, 1.82) is 0 Å². The number of esters is 1. The summed E-state index contributed by atoms with van der Waals surface area (Å²) in [6.07, 6.45) is 0. The first-order valence-electron chi connectivity index (χ1n) is 5.64. The number of benzene rings is 1. The normalized spacial score (nSPS) is 12.1. The van der Waals surface area contributed by atoms with E-state index in [1.807, 2.05) is 37.3 Å². The van der Waals surface area contributed by atoms with Gasteiger partial charge >= 0.3 is 5.97 Å². The van der Waals surface area contributed by atoms with Crippen LogP contribution >= 0.6 is 0 Å². The molecule has 0 fully saturated rings. The maximum Gasteiger partial charge on any atom is 0.320 e. The highest BCUT2D eigenvalue weighted by Crippen LogP contribution is 2.00. The van der Waals surface area contributed by atoms with E-state index in [4.69, 9.17) is 9.47 Å². The predicted octanol–water partition coefficient (Wildman–Crippen LogP) is 1.35. The molecule has 94 valence electrons. The third-order valence-corrected chi connectivity index (χ3v) is 2.25. The zero-order valence-electron chi connectivity index (χ0n) is 10.3. The molecule has 0 aromatic heterocycles. The Labute approximate surface area is 102 Å². The summed E-state index contributed by atoms with van der Waals surface area (Å²) in [6.45, 7) is 3.05. The summed E-state index contributed by atoms with van der Waals surface area (Å²) in [4.78, 5) is 11.4. The number of rotatable bonds is 7. The van der Waals surface area contributed by atoms with E-state index in [-0.39, 0.29) is 18.6 Å². The third-order valence-electron chi connectivity index (χ3n) is 2.25. The van der Waals surface area contributed by atoms with Gasteiger partial charge in [0.05, 0.1) is 13.2 Å². The summed E-state index contributed by atoms with van der Waals surface area (Å²) in [5.74, 6) is -0.253. The van der Waals surface area contributed by atoms with E-state index in [9.17, 15) is 4.79 Å². The Balaban J connectivity index is 2.17. The van der Waals surface area contributed by atoms with Gasteiger partial charge in [-0.2, -0.15) is 0 Å². The standard InChI is InChI=1S/C13H19NO3/c1-11(9-16-2)14-8-13(15)17-10-12-6-4-3-5-7-12/h3-7,11,14H,8-10H2,1-2H3. The summed E-state index contributed by atoms with van der Waals surface area (Å²) in [5.41, 5.74) is 0.991. The van der Waals surface area contributed by atoms with Crippen LogP contribution in [-0.2, 0) is 20.9 Å². The second-order valence-electron chi connectivity index (χ2n) is 3.88. The second kappa shape index (κ2) is 7.81. The molecule has 4 heteroatoms. The van der Waals surface area contributed by atoms with Crippen LogP contribution in [0.5, 0.6) is 0 Å². The van der Waals surface area contributed by atoms with Gasteiger partial charge < -0.3 is 14.8 Å². The van der Waals surface area contributed by atoms with Gasteiger partial charge in [0.2, 0.25) is 0 Å². The van der Waals surface area contributed by atoms with Crippen molar-refractivity contribution in [3.8, 4) is 0 Å². The van der Waals surface area contributed by atoms with Crippen molar-refractivity contribution >= 4 is 5.97 Å². The molecule has 17 heavy (non-hydrogen) atoms. The molecule has 1 N–H and O–H groups in total. The zero-order valence-corrected chi connectivity index (χ0v) is 10.3. The van der Waals surface area contributed by atoms with Crippen LogP contribution in [0.15, 0.2) is 30.3 Å². The molecule has 0 spiro atoms. The first-order valence-corrected chi connectivity index (χ1v) is 5.64. The van der Waals surface area contributed by atoms with Gasteiger partial charge in [-0.15, -0.1) is 0 Å². The van der Waals surface area contributed by atoms with E-state index >= 15 is 0 Å². The molecule has 1 atom stereocenters. The van der Waals surface area contributed by atoms with Crippen LogP contribution in [0.3, 0.4) is 0 Å². The lowest BCUT2D eigenvalue weighted by Gasteiger charge is -2.12. The van der Waals surface area contributed by atoms with Crippen molar-refractivity contribution in [2.24, 2.45) is 0 Å². The fraction of sp³-hybridized carbons (Fsp3) is 0.462. The van der Waals surface area contributed by atoms with Gasteiger partial charge in [-0.1, -0.05) is 30.3 Å². The molecule has 0 aliphatic carbocycles. The largest absolute Gasteiger partial charge is 0.460 e. The van der Waals surface area contributed by atoms with E-state index < -0.39 is 0 Å². The van der Waals surface area contributed by atoms with Gasteiger partial charge in [-0.05, 0) is 12.5 Å². The second-order valence-corrected chi connectivity index (χ2v) is 3.88. The number of carbonyl (C=O) groups excluding carboxylic acids is 1. The van der Waals surface area contributed by atoms with Gasteiger partial charge in [0.25, 0.3) is 0 Å². The van der Waals surface area contributed by atoms with Crippen LogP contribution in [0.25, 0.3) is 0 Å². The zero-order chi connectivity index (χ0) is 12.5. The van der Waals surface area contributed by atoms with Gasteiger partial charge in [0, 0.05) is 13.2 Å². The first kappa shape index (κ1) is 13.7. The smallest absolute Gasteiger partial charge is 0.320 e. The molecule has 0 saturated heterocycles. The average Bonchev–Trinajstić information content (AvgIpc) is 2.35. The van der Waals surface area contributed by atoms with Crippen molar-refractivity contribution in [1.82, 2.24) is 5.32 Å². The summed E-state index contributed by atoms with van der Waals surface area (Å²) in [5, 5.41) is 3.02. The highest BCUT2D eigenvalue weighted by molar-refractivity contribution is 5.71. The minimum absolute atomic E-state index is 0.143. The molecule has 0 heterocycles. The molecular weight excluding hydrogens is 218 g/mol. The Morgan fingerprint density at radius 2 is 2.06 bits per heavy atom. The molecular formula is C13H19NO3. The molecule has 1 aromatic carbocycles. The Hall–Kier alpha value is -1.39. The molecule has 1 rings (SSSR count). The van der Waals surface area contributed by atoms with Crippen LogP contribution in [-0.4, -0.2) is 32.3 Å². The fourth-order valence-electron chi connectivity index (χ4n) is 1.36. The molecule has 0 amide bonds. The molecule has 0 aliphatic rings. The van der Waals surface area contributed by atoms with E-state index in [0.29, 0.717) is 13.2 Å². The summed E-state index contributed by atoms with van der Waals surface area (Å²) in [7, 11) is 1.63. The predicted molar refractivity (Wildman–Crippen MR) is 65.6 cm³/mol. The number of hydrogen-bond donors (Lipinski definition) is 1. The van der Waals surface area contributed by atoms with Crippen LogP contribution < -0.4 is 5.32 Å². The highest BCUT2D eigenvalue weighted by Gasteiger charge is 2.06. The lowest BCUT2D eigenvalue weighted by molar-refractivity contribution is -0.144. The SMILES string of the molecule is COCC(C)NCC(=O)OCc1ccccc1. The topological polar surface area (TPSA) is 47.6 Å². The van der Waals surface area contributed by atoms with Gasteiger partial charge in [0.1, 0.15) is 6.61 Å². The minimum atomic E-state index is -0.253. The molecule has 0 saturated carbocycles. The van der Waals surface area contributed by atoms with Gasteiger partial charge in [-0.25, -0.2) is 0 Å². The summed E-state index contributed by atoms with van der Waals surface area (Å²) in [6, 6.07) is 9.76. The Morgan fingerprint density at radius 1 is 1.35 bits per heavy atom. The number of nitrogens with one attached hydrogen (secondary N) is 1. The van der Waals surface area contributed by atoms with E-state index in [1.54, 1.807) is 7.11 Å². The molecule has 4 nitrogen and oxygen atoms in total. The van der Waals surface area contributed by atoms with E-state index in [1.165, 1.54) is 0 Å². The van der Waals surface area contributed by atoms with Gasteiger partial charge in [-0.3, -0.25) is 4.79 Å². The maximum atomic E-state index is 11.4. The molecule has 1 unspecified atom stereocenters. The maximum absolute atomic E-state index is 11.4. The fourth-order valence-corrected chi connectivity index (χ4v) is 1.36. The molecule has 1 aromatic rings. The Kier molecular flexibility index (Phi) is 6.29. The molecule has 0 radical (unpaired) electrons. The molecule has 0 bridgehead atoms. The monoisotopic (exact) mass is 237 g/mol. The van der Waals surface area contributed by atoms with Crippen molar-refractivity contribution < 1.29 is 14.3 Å². The average molecular weight is 237 g/mol. The van der Waals surface area contributed by atoms with E-state index in [0.717, 1.165) is 5.56 Å². The first-order chi connectivity index (χ1) is 8.22. The number of hydrogen-bond acceptors (Lipinski definition) is 4. The van der Waals surface area contributed by atoms with Crippen LogP contribution in [0, 0.1) is 0 Å². The van der Waals surface area contributed by atoms with Crippen molar-refractivity contribution in [3.05, 3.63) is 35.9 Å². The van der Waals surface area contributed by atoms with Gasteiger partial charge in [0.15, 0.2) is 0 Å².